The van der Waals surface area contributed by atoms with Crippen LogP contribution in [-0.4, -0.2) is 47.3 Å². The van der Waals surface area contributed by atoms with Crippen molar-refractivity contribution in [3.05, 3.63) is 64.5 Å². The highest BCUT2D eigenvalue weighted by molar-refractivity contribution is 8.01. The molecule has 1 heterocycles. The minimum Gasteiger partial charge on any atom is -0.443 e. The van der Waals surface area contributed by atoms with Crippen LogP contribution in [-0.2, 0) is 35.5 Å². The first-order chi connectivity index (χ1) is 18.1. The number of hydrogen-bond donors (Lipinski definition) is 1. The second-order valence-corrected chi connectivity index (χ2v) is 15.2. The van der Waals surface area contributed by atoms with Gasteiger partial charge in [0.15, 0.2) is 0 Å². The van der Waals surface area contributed by atoms with E-state index in [0.29, 0.717) is 25.8 Å². The van der Waals surface area contributed by atoms with Crippen LogP contribution in [0, 0.1) is 6.92 Å². The molecule has 0 aliphatic carbocycles. The van der Waals surface area contributed by atoms with Gasteiger partial charge < -0.3 is 4.74 Å². The number of thioether (sulfide) groups is 1. The lowest BCUT2D eigenvalue weighted by molar-refractivity contribution is 0.0529. The van der Waals surface area contributed by atoms with Crippen molar-refractivity contribution >= 4 is 55.4 Å². The van der Waals surface area contributed by atoms with Crippen LogP contribution in [0.2, 0.25) is 0 Å². The molecule has 39 heavy (non-hydrogen) atoms. The second-order valence-electron chi connectivity index (χ2n) is 9.48. The van der Waals surface area contributed by atoms with Crippen molar-refractivity contribution in [3.8, 4) is 11.1 Å². The van der Waals surface area contributed by atoms with Gasteiger partial charge in [0.25, 0.3) is 10.1 Å². The van der Waals surface area contributed by atoms with Crippen LogP contribution in [0.15, 0.2) is 67.6 Å². The second kappa shape index (κ2) is 12.2. The summed E-state index contributed by atoms with van der Waals surface area (Å²) in [5.74, 6) is 0. The van der Waals surface area contributed by atoms with Crippen LogP contribution in [0.3, 0.4) is 0 Å². The average Bonchev–Trinajstić information content (AvgIpc) is 3.25. The summed E-state index contributed by atoms with van der Waals surface area (Å²) in [7, 11) is -7.59. The number of amides is 1. The molecule has 13 heteroatoms. The normalized spacial score (nSPS) is 12.6. The smallest absolute Gasteiger partial charge is 0.428 e. The van der Waals surface area contributed by atoms with E-state index >= 15 is 0 Å². The number of nitrogens with zero attached hydrogens (tertiary/aromatic N) is 1. The molecule has 0 radical (unpaired) electrons. The zero-order valence-electron chi connectivity index (χ0n) is 22.3. The highest BCUT2D eigenvalue weighted by atomic mass is 32.2. The fourth-order valence-corrected chi connectivity index (χ4v) is 7.88. The fourth-order valence-electron chi connectivity index (χ4n) is 3.60. The number of rotatable bonds is 9. The summed E-state index contributed by atoms with van der Waals surface area (Å²) in [6, 6.07) is 13.4. The number of carbonyl (C=O) groups is 1. The third-order valence-corrected chi connectivity index (χ3v) is 9.91. The van der Waals surface area contributed by atoms with Crippen LogP contribution in [0.4, 0.5) is 4.79 Å². The minimum atomic E-state index is -3.93. The molecule has 0 aliphatic rings. The molecule has 0 saturated carbocycles. The van der Waals surface area contributed by atoms with Crippen molar-refractivity contribution in [1.82, 2.24) is 5.43 Å². The number of aryl methyl sites for hydroxylation is 1. The van der Waals surface area contributed by atoms with E-state index in [1.807, 2.05) is 13.0 Å². The first-order valence-electron chi connectivity index (χ1n) is 11.6. The third-order valence-electron chi connectivity index (χ3n) is 5.13. The SMILES string of the molecule is CSc1sc(C=NNC(=O)OC(C)(C)C)cc1S(=O)(=O)c1cccc(-c2c(C)cccc2COS(C)(=O)=O)c1. The molecule has 3 rings (SSSR count). The molecule has 1 N–H and O–H groups in total. The Hall–Kier alpha value is -2.71. The first kappa shape index (κ1) is 30.8. The quantitative estimate of drug-likeness (QED) is 0.143. The van der Waals surface area contributed by atoms with Crippen LogP contribution < -0.4 is 5.43 Å². The predicted molar refractivity (Wildman–Crippen MR) is 155 cm³/mol. The number of hydrogen-bond acceptors (Lipinski definition) is 10. The zero-order valence-corrected chi connectivity index (χ0v) is 25.6. The molecule has 0 bridgehead atoms. The summed E-state index contributed by atoms with van der Waals surface area (Å²) in [5, 5.41) is 3.88. The molecule has 2 aromatic carbocycles. The van der Waals surface area contributed by atoms with Gasteiger partial charge in [0, 0.05) is 4.88 Å². The van der Waals surface area contributed by atoms with E-state index in [9.17, 15) is 21.6 Å². The molecule has 3 aromatic rings. The van der Waals surface area contributed by atoms with Crippen LogP contribution in [0.1, 0.15) is 36.8 Å². The number of ether oxygens (including phenoxy) is 1. The Morgan fingerprint density at radius 2 is 1.79 bits per heavy atom. The van der Waals surface area contributed by atoms with E-state index in [1.54, 1.807) is 57.4 Å². The lowest BCUT2D eigenvalue weighted by Gasteiger charge is -2.18. The maximum absolute atomic E-state index is 13.7. The molecular formula is C26H30N2O7S4. The maximum atomic E-state index is 13.7. The van der Waals surface area contributed by atoms with Gasteiger partial charge in [-0.3, -0.25) is 4.18 Å². The number of nitrogens with one attached hydrogen (secondary N) is 1. The number of benzene rings is 2. The first-order valence-corrected chi connectivity index (χ1v) is 16.9. The van der Waals surface area contributed by atoms with Gasteiger partial charge in [-0.2, -0.15) is 13.5 Å². The molecule has 210 valence electrons. The van der Waals surface area contributed by atoms with Crippen LogP contribution >= 0.6 is 23.1 Å². The minimum absolute atomic E-state index is 0.0849. The lowest BCUT2D eigenvalue weighted by atomic mass is 9.95. The van der Waals surface area contributed by atoms with Gasteiger partial charge in [0.1, 0.15) is 5.60 Å². The van der Waals surface area contributed by atoms with Crippen LogP contribution in [0.25, 0.3) is 11.1 Å². The number of hydrazone groups is 1. The zero-order chi connectivity index (χ0) is 29.0. The van der Waals surface area contributed by atoms with E-state index in [-0.39, 0.29) is 16.4 Å². The molecule has 0 saturated heterocycles. The predicted octanol–water partition coefficient (Wildman–Crippen LogP) is 5.61. The standard InChI is InChI=1S/C26H30N2O7S4/c1-17-9-7-11-19(16-34-38(6,30)31)23(17)18-10-8-12-21(13-18)39(32,33)22-14-20(37-24(22)36-5)15-27-28-25(29)35-26(2,3)4/h7-15H,16H2,1-6H3,(H,28,29). The molecule has 0 atom stereocenters. The van der Waals surface area contributed by atoms with Crippen molar-refractivity contribution in [3.63, 3.8) is 0 Å². The van der Waals surface area contributed by atoms with Gasteiger partial charge >= 0.3 is 6.09 Å². The monoisotopic (exact) mass is 610 g/mol. The molecule has 1 aromatic heterocycles. The van der Waals surface area contributed by atoms with E-state index in [0.717, 1.165) is 11.8 Å². The summed E-state index contributed by atoms with van der Waals surface area (Å²) >= 11 is 2.52. The number of carbonyl (C=O) groups excluding carboxylic acids is 1. The molecule has 0 unspecified atom stereocenters. The number of sulfone groups is 1. The largest absolute Gasteiger partial charge is 0.443 e. The maximum Gasteiger partial charge on any atom is 0.428 e. The molecule has 1 amide bonds. The summed E-state index contributed by atoms with van der Waals surface area (Å²) in [6.07, 6.45) is 3.41. The van der Waals surface area contributed by atoms with E-state index < -0.39 is 31.6 Å². The molecule has 0 spiro atoms. The number of thiophene rings is 1. The Kier molecular flexibility index (Phi) is 9.65. The third kappa shape index (κ3) is 8.39. The van der Waals surface area contributed by atoms with Gasteiger partial charge in [0.2, 0.25) is 9.84 Å². The summed E-state index contributed by atoms with van der Waals surface area (Å²) in [4.78, 5) is 12.6. The van der Waals surface area contributed by atoms with Crippen molar-refractivity contribution in [2.24, 2.45) is 5.10 Å². The van der Waals surface area contributed by atoms with Crippen molar-refractivity contribution in [1.29, 1.82) is 0 Å². The van der Waals surface area contributed by atoms with E-state index in [1.165, 1.54) is 41.4 Å². The van der Waals surface area contributed by atoms with Crippen molar-refractivity contribution < 1.29 is 30.6 Å². The fraction of sp³-hybridized carbons (Fsp3) is 0.308. The van der Waals surface area contributed by atoms with E-state index in [4.69, 9.17) is 8.92 Å². The van der Waals surface area contributed by atoms with Crippen molar-refractivity contribution in [2.75, 3.05) is 12.5 Å². The summed E-state index contributed by atoms with van der Waals surface area (Å²) in [5.41, 5.74) is 4.37. The molecule has 0 fully saturated rings. The van der Waals surface area contributed by atoms with Gasteiger partial charge in [-0.05, 0) is 74.4 Å². The van der Waals surface area contributed by atoms with Gasteiger partial charge in [0.05, 0.1) is 33.1 Å². The Balaban J connectivity index is 1.95. The summed E-state index contributed by atoms with van der Waals surface area (Å²) in [6.45, 7) is 6.89. The molecular weight excluding hydrogens is 581 g/mol. The highest BCUT2D eigenvalue weighted by Gasteiger charge is 2.25. The Morgan fingerprint density at radius 1 is 1.10 bits per heavy atom. The topological polar surface area (TPSA) is 128 Å². The summed E-state index contributed by atoms with van der Waals surface area (Å²) < 4.78 is 61.3. The van der Waals surface area contributed by atoms with Crippen molar-refractivity contribution in [2.45, 2.75) is 53.9 Å². The Bertz CT molecular complexity index is 1600. The molecule has 0 aliphatic heterocycles. The lowest BCUT2D eigenvalue weighted by Crippen LogP contribution is -2.29. The Labute approximate surface area is 237 Å². The van der Waals surface area contributed by atoms with Crippen LogP contribution in [0.5, 0.6) is 0 Å². The van der Waals surface area contributed by atoms with E-state index in [2.05, 4.69) is 10.5 Å². The Morgan fingerprint density at radius 3 is 2.44 bits per heavy atom. The van der Waals surface area contributed by atoms with Gasteiger partial charge in [-0.25, -0.2) is 18.6 Å². The molecule has 9 nitrogen and oxygen atoms in total. The van der Waals surface area contributed by atoms with Gasteiger partial charge in [-0.15, -0.1) is 23.1 Å². The average molecular weight is 611 g/mol. The highest BCUT2D eigenvalue weighted by Crippen LogP contribution is 2.38. The van der Waals surface area contributed by atoms with Gasteiger partial charge in [-0.1, -0.05) is 30.3 Å².